The molecule has 0 saturated heterocycles. The van der Waals surface area contributed by atoms with Gasteiger partial charge >= 0.3 is 12.0 Å². The zero-order valence-corrected chi connectivity index (χ0v) is 19.2. The fraction of sp³-hybridized carbons (Fsp3) is 0.476. The Hall–Kier alpha value is -2.33. The number of hydrogen-bond acceptors (Lipinski definition) is 7. The molecule has 0 radical (unpaired) electrons. The lowest BCUT2D eigenvalue weighted by Gasteiger charge is -2.26. The largest absolute Gasteiger partial charge is 0.494 e. The molecule has 1 aliphatic carbocycles. The van der Waals surface area contributed by atoms with Gasteiger partial charge in [0.25, 0.3) is 0 Å². The van der Waals surface area contributed by atoms with Crippen molar-refractivity contribution in [1.29, 1.82) is 0 Å². The lowest BCUT2D eigenvalue weighted by Crippen LogP contribution is -2.38. The molecule has 1 heterocycles. The second-order valence-electron chi connectivity index (χ2n) is 7.09. The first-order valence-electron chi connectivity index (χ1n) is 10.2. The van der Waals surface area contributed by atoms with Crippen LogP contribution in [0.4, 0.5) is 20.0 Å². The number of thioether (sulfide) groups is 1. The number of carbonyl (C=O) groups is 2. The van der Waals surface area contributed by atoms with Gasteiger partial charge < -0.3 is 9.47 Å². The highest BCUT2D eigenvalue weighted by molar-refractivity contribution is 8.01. The van der Waals surface area contributed by atoms with Gasteiger partial charge in [-0.1, -0.05) is 24.2 Å². The number of nitrogens with zero attached hydrogens (tertiary/aromatic N) is 2. The average Bonchev–Trinajstić information content (AvgIpc) is 3.43. The predicted octanol–water partition coefficient (Wildman–Crippen LogP) is 5.17. The van der Waals surface area contributed by atoms with Gasteiger partial charge in [-0.05, 0) is 37.8 Å². The molecule has 0 spiro atoms. The number of aromatic nitrogens is 1. The number of ether oxygens (including phenoxy) is 2. The third kappa shape index (κ3) is 6.57. The predicted molar refractivity (Wildman–Crippen MR) is 121 cm³/mol. The van der Waals surface area contributed by atoms with Crippen LogP contribution in [0.2, 0.25) is 0 Å². The number of amides is 2. The smallest absolute Gasteiger partial charge is 0.328 e. The summed E-state index contributed by atoms with van der Waals surface area (Å²) in [7, 11) is 1.40. The molecule has 2 aromatic rings. The molecule has 168 valence electrons. The molecule has 31 heavy (non-hydrogen) atoms. The quantitative estimate of drug-likeness (QED) is 0.405. The molecule has 1 aromatic heterocycles. The SMILES string of the molecule is CCOC(=O)CSc1cnc(NC(=O)N(CC2CCCC2)c2ccc(F)c(OC)c2)s1. The molecule has 1 fully saturated rings. The number of nitrogens with one attached hydrogen (secondary N) is 1. The summed E-state index contributed by atoms with van der Waals surface area (Å²) >= 11 is 2.60. The number of urea groups is 1. The van der Waals surface area contributed by atoms with Gasteiger partial charge in [0.15, 0.2) is 16.7 Å². The summed E-state index contributed by atoms with van der Waals surface area (Å²) in [4.78, 5) is 30.5. The van der Waals surface area contributed by atoms with Gasteiger partial charge in [0.2, 0.25) is 0 Å². The first-order valence-corrected chi connectivity index (χ1v) is 12.0. The molecule has 7 nitrogen and oxygen atoms in total. The minimum absolute atomic E-state index is 0.0913. The van der Waals surface area contributed by atoms with Crippen LogP contribution in [0.1, 0.15) is 32.6 Å². The van der Waals surface area contributed by atoms with Gasteiger partial charge in [0.1, 0.15) is 0 Å². The Bertz CT molecular complexity index is 903. The second-order valence-corrected chi connectivity index (χ2v) is 9.39. The third-order valence-electron chi connectivity index (χ3n) is 4.94. The molecule has 0 atom stereocenters. The summed E-state index contributed by atoms with van der Waals surface area (Å²) in [5.74, 6) is -0.0929. The monoisotopic (exact) mass is 467 g/mol. The highest BCUT2D eigenvalue weighted by atomic mass is 32.2. The molecule has 0 unspecified atom stereocenters. The van der Waals surface area contributed by atoms with Crippen molar-refractivity contribution in [3.05, 3.63) is 30.2 Å². The van der Waals surface area contributed by atoms with E-state index in [1.165, 1.54) is 42.3 Å². The van der Waals surface area contributed by atoms with Gasteiger partial charge in [-0.15, -0.1) is 11.8 Å². The molecule has 10 heteroatoms. The molecule has 1 aliphatic rings. The summed E-state index contributed by atoms with van der Waals surface area (Å²) in [6.07, 6.45) is 6.05. The summed E-state index contributed by atoms with van der Waals surface area (Å²) < 4.78 is 24.7. The van der Waals surface area contributed by atoms with Crippen molar-refractivity contribution in [2.45, 2.75) is 36.8 Å². The molecule has 3 rings (SSSR count). The Morgan fingerprint density at radius 1 is 1.35 bits per heavy atom. The molecular weight excluding hydrogens is 441 g/mol. The Morgan fingerprint density at radius 2 is 2.13 bits per heavy atom. The fourth-order valence-electron chi connectivity index (χ4n) is 3.45. The highest BCUT2D eigenvalue weighted by Crippen LogP contribution is 2.32. The fourth-order valence-corrected chi connectivity index (χ4v) is 5.11. The van der Waals surface area contributed by atoms with E-state index in [4.69, 9.17) is 9.47 Å². The lowest BCUT2D eigenvalue weighted by atomic mass is 10.1. The van der Waals surface area contributed by atoms with Gasteiger partial charge in [0, 0.05) is 18.3 Å². The van der Waals surface area contributed by atoms with Gasteiger partial charge in [-0.25, -0.2) is 14.2 Å². The summed E-state index contributed by atoms with van der Waals surface area (Å²) in [6, 6.07) is 4.08. The van der Waals surface area contributed by atoms with Crippen LogP contribution < -0.4 is 15.0 Å². The molecular formula is C21H26FN3O4S2. The normalized spacial score (nSPS) is 13.8. The number of methoxy groups -OCH3 is 1. The Kier molecular flexibility index (Phi) is 8.53. The first-order chi connectivity index (χ1) is 15.0. The van der Waals surface area contributed by atoms with E-state index in [9.17, 15) is 14.0 Å². The van der Waals surface area contributed by atoms with E-state index in [1.54, 1.807) is 24.1 Å². The second kappa shape index (κ2) is 11.3. The van der Waals surface area contributed by atoms with Crippen LogP contribution in [0, 0.1) is 11.7 Å². The van der Waals surface area contributed by atoms with Gasteiger partial charge in [-0.2, -0.15) is 0 Å². The average molecular weight is 468 g/mol. The van der Waals surface area contributed by atoms with Crippen molar-refractivity contribution in [2.75, 3.05) is 36.2 Å². The Labute approximate surface area is 189 Å². The summed E-state index contributed by atoms with van der Waals surface area (Å²) in [6.45, 7) is 2.64. The molecule has 2 amide bonds. The first kappa shape index (κ1) is 23.3. The van der Waals surface area contributed by atoms with Crippen LogP contribution in [0.3, 0.4) is 0 Å². The van der Waals surface area contributed by atoms with Crippen LogP contribution in [-0.4, -0.2) is 43.0 Å². The summed E-state index contributed by atoms with van der Waals surface area (Å²) in [5.41, 5.74) is 0.566. The number of thiazole rings is 1. The maximum Gasteiger partial charge on any atom is 0.328 e. The van der Waals surface area contributed by atoms with E-state index in [2.05, 4.69) is 10.3 Å². The van der Waals surface area contributed by atoms with Gasteiger partial charge in [0.05, 0.1) is 29.9 Å². The van der Waals surface area contributed by atoms with Crippen LogP contribution in [-0.2, 0) is 9.53 Å². The Morgan fingerprint density at radius 3 is 2.84 bits per heavy atom. The standard InChI is InChI=1S/C21H26FN3O4S2/c1-3-29-18(26)13-30-19-11-23-20(31-19)24-21(27)25(12-14-6-4-5-7-14)15-8-9-16(22)17(10-15)28-2/h8-11,14H,3-7,12-13H2,1-2H3,(H,23,24,27). The lowest BCUT2D eigenvalue weighted by molar-refractivity contribution is -0.139. The number of carbonyl (C=O) groups excluding carboxylic acids is 2. The molecule has 1 aromatic carbocycles. The number of benzene rings is 1. The molecule has 1 N–H and O–H groups in total. The van der Waals surface area contributed by atoms with E-state index >= 15 is 0 Å². The minimum atomic E-state index is -0.476. The van der Waals surface area contributed by atoms with Crippen molar-refractivity contribution in [2.24, 2.45) is 5.92 Å². The maximum absolute atomic E-state index is 13.9. The Balaban J connectivity index is 1.70. The van der Waals surface area contributed by atoms with Crippen molar-refractivity contribution in [1.82, 2.24) is 4.98 Å². The molecule has 1 saturated carbocycles. The summed E-state index contributed by atoms with van der Waals surface area (Å²) in [5, 5.41) is 3.26. The third-order valence-corrected chi connectivity index (χ3v) is 7.02. The van der Waals surface area contributed by atoms with Crippen LogP contribution in [0.25, 0.3) is 0 Å². The van der Waals surface area contributed by atoms with E-state index in [1.807, 2.05) is 0 Å². The maximum atomic E-state index is 13.9. The molecule has 0 bridgehead atoms. The number of esters is 1. The zero-order chi connectivity index (χ0) is 22.2. The minimum Gasteiger partial charge on any atom is -0.494 e. The van der Waals surface area contributed by atoms with Crippen LogP contribution in [0.5, 0.6) is 5.75 Å². The van der Waals surface area contributed by atoms with E-state index in [0.29, 0.717) is 29.9 Å². The van der Waals surface area contributed by atoms with Crippen LogP contribution >= 0.6 is 23.1 Å². The molecule has 0 aliphatic heterocycles. The highest BCUT2D eigenvalue weighted by Gasteiger charge is 2.25. The van der Waals surface area contributed by atoms with Crippen molar-refractivity contribution in [3.63, 3.8) is 0 Å². The number of halogens is 1. The van der Waals surface area contributed by atoms with Crippen molar-refractivity contribution >= 4 is 45.9 Å². The van der Waals surface area contributed by atoms with Crippen molar-refractivity contribution < 1.29 is 23.5 Å². The topological polar surface area (TPSA) is 80.8 Å². The number of hydrogen-bond donors (Lipinski definition) is 1. The van der Waals surface area contributed by atoms with E-state index in [0.717, 1.165) is 29.9 Å². The van der Waals surface area contributed by atoms with E-state index < -0.39 is 5.82 Å². The zero-order valence-electron chi connectivity index (χ0n) is 17.6. The number of rotatable bonds is 9. The van der Waals surface area contributed by atoms with Gasteiger partial charge in [-0.3, -0.25) is 15.0 Å². The number of anilines is 2. The van der Waals surface area contributed by atoms with Crippen molar-refractivity contribution in [3.8, 4) is 5.75 Å². The van der Waals surface area contributed by atoms with Crippen LogP contribution in [0.15, 0.2) is 28.6 Å². The van der Waals surface area contributed by atoms with E-state index in [-0.39, 0.29) is 23.5 Å².